The lowest BCUT2D eigenvalue weighted by Gasteiger charge is -2.21. The Morgan fingerprint density at radius 3 is 2.08 bits per heavy atom. The van der Waals surface area contributed by atoms with Crippen LogP contribution in [0.3, 0.4) is 0 Å². The lowest BCUT2D eigenvalue weighted by atomic mass is 10.2. The number of alkyl halides is 3. The number of anilines is 3. The normalized spacial score (nSPS) is 11.2. The van der Waals surface area contributed by atoms with E-state index < -0.39 is 22.8 Å². The van der Waals surface area contributed by atoms with E-state index >= 15 is 0 Å². The molecule has 0 heterocycles. The van der Waals surface area contributed by atoms with Crippen LogP contribution in [0.15, 0.2) is 42.5 Å². The van der Waals surface area contributed by atoms with E-state index in [9.17, 15) is 18.0 Å². The van der Waals surface area contributed by atoms with Gasteiger partial charge >= 0.3 is 12.2 Å². The van der Waals surface area contributed by atoms with Gasteiger partial charge in [0, 0.05) is 30.2 Å². The van der Waals surface area contributed by atoms with Crippen molar-refractivity contribution in [2.75, 3.05) is 28.6 Å². The molecule has 8 heteroatoms. The molecule has 0 aliphatic rings. The zero-order valence-electron chi connectivity index (χ0n) is 14.3. The molecule has 2 N–H and O–H groups in total. The summed E-state index contributed by atoms with van der Waals surface area (Å²) in [5, 5.41) is 4.53. The minimum absolute atomic E-state index is 0.000939. The third-order valence-corrected chi connectivity index (χ3v) is 4.11. The minimum Gasteiger partial charge on any atom is -0.372 e. The molecule has 0 aromatic heterocycles. The highest BCUT2D eigenvalue weighted by Crippen LogP contribution is 2.36. The molecular weight excluding hydrogens is 367 g/mol. The second-order valence-electron chi connectivity index (χ2n) is 5.49. The van der Waals surface area contributed by atoms with Crippen molar-refractivity contribution in [1.29, 1.82) is 0 Å². The summed E-state index contributed by atoms with van der Waals surface area (Å²) >= 11 is 5.56. The van der Waals surface area contributed by atoms with E-state index in [1.807, 2.05) is 26.0 Å². The highest BCUT2D eigenvalue weighted by atomic mass is 35.5. The summed E-state index contributed by atoms with van der Waals surface area (Å²) in [5.41, 5.74) is 0.552. The van der Waals surface area contributed by atoms with E-state index in [2.05, 4.69) is 15.5 Å². The summed E-state index contributed by atoms with van der Waals surface area (Å²) in [6.07, 6.45) is -4.59. The average molecular weight is 386 g/mol. The molecule has 2 rings (SSSR count). The van der Waals surface area contributed by atoms with Gasteiger partial charge in [-0.2, -0.15) is 13.2 Å². The molecule has 0 spiro atoms. The minimum atomic E-state index is -4.59. The van der Waals surface area contributed by atoms with Gasteiger partial charge in [0.25, 0.3) is 0 Å². The third-order valence-electron chi connectivity index (χ3n) is 3.78. The Morgan fingerprint density at radius 1 is 1.00 bits per heavy atom. The summed E-state index contributed by atoms with van der Waals surface area (Å²) < 4.78 is 38.6. The number of halogens is 4. The molecule has 4 nitrogen and oxygen atoms in total. The number of carbonyl (C=O) groups excluding carboxylic acids is 1. The Hall–Kier alpha value is -2.41. The van der Waals surface area contributed by atoms with Gasteiger partial charge in [-0.05, 0) is 56.3 Å². The van der Waals surface area contributed by atoms with Crippen LogP contribution in [0.1, 0.15) is 19.4 Å². The summed E-state index contributed by atoms with van der Waals surface area (Å²) in [6, 6.07) is 9.76. The molecule has 2 aromatic carbocycles. The molecule has 0 saturated heterocycles. The van der Waals surface area contributed by atoms with Gasteiger partial charge in [0.2, 0.25) is 0 Å². The van der Waals surface area contributed by atoms with Crippen LogP contribution in [0, 0.1) is 0 Å². The summed E-state index contributed by atoms with van der Waals surface area (Å²) in [6.45, 7) is 5.82. The molecule has 26 heavy (non-hydrogen) atoms. The summed E-state index contributed by atoms with van der Waals surface area (Å²) in [7, 11) is 0. The number of nitrogens with one attached hydrogen (secondary N) is 2. The van der Waals surface area contributed by atoms with Crippen LogP contribution in [-0.2, 0) is 6.18 Å². The first kappa shape index (κ1) is 19.9. The molecule has 2 aromatic rings. The first-order valence-corrected chi connectivity index (χ1v) is 8.42. The SMILES string of the molecule is CCN(CC)c1ccc(NC(=O)Nc2ccc(Cl)c(C(F)(F)F)c2)cc1. The number of benzene rings is 2. The smallest absolute Gasteiger partial charge is 0.372 e. The molecule has 0 fully saturated rings. The number of amides is 2. The van der Waals surface area contributed by atoms with Crippen LogP contribution in [0.2, 0.25) is 5.02 Å². The Kier molecular flexibility index (Phi) is 6.37. The monoisotopic (exact) mass is 385 g/mol. The maximum Gasteiger partial charge on any atom is 0.417 e. The van der Waals surface area contributed by atoms with Gasteiger partial charge in [0.1, 0.15) is 0 Å². The predicted octanol–water partition coefficient (Wildman–Crippen LogP) is 5.85. The van der Waals surface area contributed by atoms with Crippen molar-refractivity contribution in [2.24, 2.45) is 0 Å². The molecule has 0 unspecified atom stereocenters. The van der Waals surface area contributed by atoms with Crippen molar-refractivity contribution in [3.05, 3.63) is 53.1 Å². The highest BCUT2D eigenvalue weighted by Gasteiger charge is 2.33. The van der Waals surface area contributed by atoms with Gasteiger partial charge in [0.05, 0.1) is 10.6 Å². The van der Waals surface area contributed by atoms with E-state index in [4.69, 9.17) is 11.6 Å². The Labute approximate surface area is 154 Å². The molecule has 0 atom stereocenters. The first-order chi connectivity index (χ1) is 12.2. The average Bonchev–Trinajstić information content (AvgIpc) is 2.58. The zero-order valence-corrected chi connectivity index (χ0v) is 15.1. The predicted molar refractivity (Wildman–Crippen MR) is 99.1 cm³/mol. The zero-order chi connectivity index (χ0) is 19.3. The second kappa shape index (κ2) is 8.31. The fraction of sp³-hybridized carbons (Fsp3) is 0.278. The van der Waals surface area contributed by atoms with Gasteiger partial charge in [-0.1, -0.05) is 11.6 Å². The highest BCUT2D eigenvalue weighted by molar-refractivity contribution is 6.31. The Balaban J connectivity index is 2.05. The van der Waals surface area contributed by atoms with Gasteiger partial charge in [0.15, 0.2) is 0 Å². The summed E-state index contributed by atoms with van der Waals surface area (Å²) in [5.74, 6) is 0. The molecule has 2 amide bonds. The Bertz CT molecular complexity index is 759. The third kappa shape index (κ3) is 5.05. The van der Waals surface area contributed by atoms with Crippen molar-refractivity contribution in [1.82, 2.24) is 0 Å². The van der Waals surface area contributed by atoms with Crippen molar-refractivity contribution >= 4 is 34.7 Å². The van der Waals surface area contributed by atoms with E-state index in [-0.39, 0.29) is 5.69 Å². The van der Waals surface area contributed by atoms with Gasteiger partial charge in [-0.3, -0.25) is 0 Å². The fourth-order valence-corrected chi connectivity index (χ4v) is 2.68. The number of carbonyl (C=O) groups is 1. The van der Waals surface area contributed by atoms with Crippen LogP contribution < -0.4 is 15.5 Å². The van der Waals surface area contributed by atoms with Crippen molar-refractivity contribution in [2.45, 2.75) is 20.0 Å². The fourth-order valence-electron chi connectivity index (χ4n) is 2.46. The van der Waals surface area contributed by atoms with E-state index in [0.717, 1.165) is 30.9 Å². The van der Waals surface area contributed by atoms with Crippen LogP contribution >= 0.6 is 11.6 Å². The summed E-state index contributed by atoms with van der Waals surface area (Å²) in [4.78, 5) is 14.2. The van der Waals surface area contributed by atoms with Crippen LogP contribution in [0.25, 0.3) is 0 Å². The molecule has 0 aliphatic carbocycles. The van der Waals surface area contributed by atoms with Crippen molar-refractivity contribution in [3.8, 4) is 0 Å². The first-order valence-electron chi connectivity index (χ1n) is 8.04. The Morgan fingerprint density at radius 2 is 1.54 bits per heavy atom. The lowest BCUT2D eigenvalue weighted by Crippen LogP contribution is -2.22. The molecule has 0 saturated carbocycles. The molecule has 0 bridgehead atoms. The quantitative estimate of drug-likeness (QED) is 0.678. The van der Waals surface area contributed by atoms with Gasteiger partial charge < -0.3 is 15.5 Å². The molecule has 0 aliphatic heterocycles. The maximum atomic E-state index is 12.9. The maximum absolute atomic E-state index is 12.9. The lowest BCUT2D eigenvalue weighted by molar-refractivity contribution is -0.137. The number of hydrogen-bond donors (Lipinski definition) is 2. The number of hydrogen-bond acceptors (Lipinski definition) is 2. The number of rotatable bonds is 5. The van der Waals surface area contributed by atoms with Crippen LogP contribution in [0.4, 0.5) is 35.0 Å². The van der Waals surface area contributed by atoms with Gasteiger partial charge in [-0.15, -0.1) is 0 Å². The topological polar surface area (TPSA) is 44.4 Å². The number of urea groups is 1. The number of nitrogens with zero attached hydrogens (tertiary/aromatic N) is 1. The van der Waals surface area contributed by atoms with E-state index in [1.165, 1.54) is 6.07 Å². The molecular formula is C18H19ClF3N3O. The van der Waals surface area contributed by atoms with Crippen molar-refractivity contribution in [3.63, 3.8) is 0 Å². The van der Waals surface area contributed by atoms with E-state index in [0.29, 0.717) is 5.69 Å². The second-order valence-corrected chi connectivity index (χ2v) is 5.90. The standard InChI is InChI=1S/C18H19ClF3N3O/c1-3-25(4-2)14-8-5-12(6-9-14)23-17(26)24-13-7-10-16(19)15(11-13)18(20,21)22/h5-11H,3-4H2,1-2H3,(H2,23,24,26). The molecule has 0 radical (unpaired) electrons. The van der Waals surface area contributed by atoms with Gasteiger partial charge in [-0.25, -0.2) is 4.79 Å². The van der Waals surface area contributed by atoms with Crippen LogP contribution in [0.5, 0.6) is 0 Å². The van der Waals surface area contributed by atoms with E-state index in [1.54, 1.807) is 12.1 Å². The largest absolute Gasteiger partial charge is 0.417 e. The van der Waals surface area contributed by atoms with Crippen LogP contribution in [-0.4, -0.2) is 19.1 Å². The van der Waals surface area contributed by atoms with Crippen molar-refractivity contribution < 1.29 is 18.0 Å². The molecule has 140 valence electrons.